The molecule has 8 heteroatoms. The number of nitrogens with zero attached hydrogens (tertiary/aromatic N) is 3. The molecule has 3 N–H and O–H groups in total. The largest absolute Gasteiger partial charge is 0.349 e. The molecule has 0 radical (unpaired) electrons. The van der Waals surface area contributed by atoms with E-state index in [0.29, 0.717) is 16.0 Å². The number of hydrogen-bond donors (Lipinski definition) is 2. The first-order chi connectivity index (χ1) is 13.6. The van der Waals surface area contributed by atoms with Crippen molar-refractivity contribution >= 4 is 29.3 Å². The van der Waals surface area contributed by atoms with Crippen molar-refractivity contribution in [3.8, 4) is 11.4 Å². The highest BCUT2D eigenvalue weighted by Gasteiger charge is 2.22. The summed E-state index contributed by atoms with van der Waals surface area (Å²) >= 11 is 7.19. The van der Waals surface area contributed by atoms with E-state index in [4.69, 9.17) is 17.4 Å². The summed E-state index contributed by atoms with van der Waals surface area (Å²) in [7, 11) is 0. The summed E-state index contributed by atoms with van der Waals surface area (Å²) < 4.78 is 1.40. The number of amides is 1. The maximum absolute atomic E-state index is 12.5. The van der Waals surface area contributed by atoms with Crippen LogP contribution >= 0.6 is 23.4 Å². The highest BCUT2D eigenvalue weighted by Crippen LogP contribution is 2.29. The van der Waals surface area contributed by atoms with Gasteiger partial charge in [-0.25, -0.2) is 4.68 Å². The number of halogens is 1. The zero-order valence-electron chi connectivity index (χ0n) is 15.1. The summed E-state index contributed by atoms with van der Waals surface area (Å²) in [5.74, 6) is 6.83. The van der Waals surface area contributed by atoms with Crippen LogP contribution in [0, 0.1) is 0 Å². The molecule has 0 bridgehead atoms. The van der Waals surface area contributed by atoms with Crippen LogP contribution in [0.25, 0.3) is 11.4 Å². The van der Waals surface area contributed by atoms with Gasteiger partial charge in [0, 0.05) is 10.6 Å². The molecular weight excluding hydrogens is 394 g/mol. The number of carbonyl (C=O) groups is 1. The number of thioether (sulfide) groups is 1. The van der Waals surface area contributed by atoms with Gasteiger partial charge in [-0.1, -0.05) is 47.6 Å². The molecule has 1 aromatic heterocycles. The lowest BCUT2D eigenvalue weighted by atomic mass is 9.88. The van der Waals surface area contributed by atoms with Crippen molar-refractivity contribution in [3.63, 3.8) is 0 Å². The van der Waals surface area contributed by atoms with Crippen molar-refractivity contribution in [2.24, 2.45) is 0 Å². The van der Waals surface area contributed by atoms with Crippen LogP contribution in [0.1, 0.15) is 30.0 Å². The van der Waals surface area contributed by atoms with Crippen molar-refractivity contribution in [1.82, 2.24) is 20.2 Å². The second-order valence-corrected chi connectivity index (χ2v) is 8.06. The summed E-state index contributed by atoms with van der Waals surface area (Å²) in [4.78, 5) is 12.5. The number of rotatable bonds is 5. The van der Waals surface area contributed by atoms with E-state index in [0.717, 1.165) is 24.8 Å². The standard InChI is InChI=1S/C20H20ClN5OS/c21-15-10-8-14(9-11-15)19-24-25-20(26(19)22)28-12-18(27)23-17-7-3-5-13-4-1-2-6-16(13)17/h1-2,4,6,8-11,17H,3,5,7,12,22H2,(H,23,27)/t17-/m1/s1. The molecule has 0 unspecified atom stereocenters. The number of hydrogen-bond acceptors (Lipinski definition) is 5. The third kappa shape index (κ3) is 4.00. The first kappa shape index (κ1) is 18.8. The van der Waals surface area contributed by atoms with Gasteiger partial charge in [0.1, 0.15) is 0 Å². The number of benzene rings is 2. The maximum atomic E-state index is 12.5. The zero-order chi connectivity index (χ0) is 19.5. The average Bonchev–Trinajstić information content (AvgIpc) is 3.08. The van der Waals surface area contributed by atoms with E-state index in [2.05, 4.69) is 27.6 Å². The molecule has 6 nitrogen and oxygen atoms in total. The Bertz CT molecular complexity index is 989. The molecule has 0 spiro atoms. The van der Waals surface area contributed by atoms with Gasteiger partial charge in [-0.3, -0.25) is 4.79 Å². The number of fused-ring (bicyclic) bond motifs is 1. The Balaban J connectivity index is 1.39. The number of nitrogens with two attached hydrogens (primary N) is 1. The van der Waals surface area contributed by atoms with Gasteiger partial charge in [0.05, 0.1) is 11.8 Å². The van der Waals surface area contributed by atoms with Gasteiger partial charge in [-0.2, -0.15) is 0 Å². The van der Waals surface area contributed by atoms with E-state index < -0.39 is 0 Å². The lowest BCUT2D eigenvalue weighted by Gasteiger charge is -2.26. The molecule has 1 heterocycles. The normalized spacial score (nSPS) is 15.8. The quantitative estimate of drug-likeness (QED) is 0.493. The average molecular weight is 414 g/mol. The number of nitrogens with one attached hydrogen (secondary N) is 1. The van der Waals surface area contributed by atoms with Crippen LogP contribution in [0.5, 0.6) is 0 Å². The first-order valence-electron chi connectivity index (χ1n) is 9.08. The lowest BCUT2D eigenvalue weighted by Crippen LogP contribution is -2.32. The highest BCUT2D eigenvalue weighted by atomic mass is 35.5. The number of nitrogen functional groups attached to an aromatic ring is 1. The van der Waals surface area contributed by atoms with Gasteiger partial charge in [-0.05, 0) is 54.7 Å². The molecule has 1 aliphatic rings. The molecule has 1 atom stereocenters. The summed E-state index contributed by atoms with van der Waals surface area (Å²) in [6.45, 7) is 0. The van der Waals surface area contributed by atoms with Crippen LogP contribution < -0.4 is 11.2 Å². The predicted octanol–water partition coefficient (Wildman–Crippen LogP) is 3.60. The Morgan fingerprint density at radius 2 is 2.00 bits per heavy atom. The minimum Gasteiger partial charge on any atom is -0.349 e. The molecular formula is C20H20ClN5OS. The van der Waals surface area contributed by atoms with Crippen LogP contribution in [0.4, 0.5) is 0 Å². The summed E-state index contributed by atoms with van der Waals surface area (Å²) in [6, 6.07) is 15.6. The third-order valence-electron chi connectivity index (χ3n) is 4.80. The van der Waals surface area contributed by atoms with Crippen molar-refractivity contribution in [2.45, 2.75) is 30.5 Å². The number of aryl methyl sites for hydroxylation is 1. The van der Waals surface area contributed by atoms with Crippen LogP contribution in [-0.2, 0) is 11.2 Å². The molecule has 0 aliphatic heterocycles. The molecule has 144 valence electrons. The minimum atomic E-state index is -0.0391. The van der Waals surface area contributed by atoms with Gasteiger partial charge in [0.2, 0.25) is 11.1 Å². The SMILES string of the molecule is Nn1c(SCC(=O)N[C@@H]2CCCc3ccccc32)nnc1-c1ccc(Cl)cc1. The van der Waals surface area contributed by atoms with Crippen molar-refractivity contribution in [1.29, 1.82) is 0 Å². The van der Waals surface area contributed by atoms with E-state index in [1.54, 1.807) is 12.1 Å². The van der Waals surface area contributed by atoms with Crippen molar-refractivity contribution in [2.75, 3.05) is 11.6 Å². The van der Waals surface area contributed by atoms with Gasteiger partial charge in [-0.15, -0.1) is 10.2 Å². The Morgan fingerprint density at radius 3 is 2.82 bits per heavy atom. The monoisotopic (exact) mass is 413 g/mol. The third-order valence-corrected chi connectivity index (χ3v) is 6.00. The maximum Gasteiger partial charge on any atom is 0.230 e. The zero-order valence-corrected chi connectivity index (χ0v) is 16.7. The second kappa shape index (κ2) is 8.24. The molecule has 0 saturated heterocycles. The predicted molar refractivity (Wildman–Crippen MR) is 112 cm³/mol. The molecule has 28 heavy (non-hydrogen) atoms. The highest BCUT2D eigenvalue weighted by molar-refractivity contribution is 7.99. The molecule has 1 amide bonds. The number of aromatic nitrogens is 3. The van der Waals surface area contributed by atoms with Crippen LogP contribution in [0.2, 0.25) is 5.02 Å². The fourth-order valence-electron chi connectivity index (χ4n) is 3.44. The second-order valence-electron chi connectivity index (χ2n) is 6.68. The van der Waals surface area contributed by atoms with E-state index in [1.165, 1.54) is 27.6 Å². The fraction of sp³-hybridized carbons (Fsp3) is 0.250. The Labute approximate surface area is 172 Å². The summed E-state index contributed by atoms with van der Waals surface area (Å²) in [5, 5.41) is 12.5. The molecule has 2 aromatic carbocycles. The van der Waals surface area contributed by atoms with Gasteiger partial charge >= 0.3 is 0 Å². The van der Waals surface area contributed by atoms with E-state index >= 15 is 0 Å². The molecule has 0 saturated carbocycles. The van der Waals surface area contributed by atoms with E-state index in [-0.39, 0.29) is 17.7 Å². The van der Waals surface area contributed by atoms with Crippen LogP contribution in [-0.4, -0.2) is 26.5 Å². The molecule has 0 fully saturated rings. The number of carbonyl (C=O) groups excluding carboxylic acids is 1. The first-order valence-corrected chi connectivity index (χ1v) is 10.4. The Morgan fingerprint density at radius 1 is 1.21 bits per heavy atom. The lowest BCUT2D eigenvalue weighted by molar-refractivity contribution is -0.119. The van der Waals surface area contributed by atoms with Gasteiger partial charge in [0.25, 0.3) is 0 Å². The summed E-state index contributed by atoms with van der Waals surface area (Å²) in [5.41, 5.74) is 3.36. The smallest absolute Gasteiger partial charge is 0.230 e. The molecule has 4 rings (SSSR count). The molecule has 1 aliphatic carbocycles. The fourth-order valence-corrected chi connectivity index (χ4v) is 4.23. The summed E-state index contributed by atoms with van der Waals surface area (Å²) in [6.07, 6.45) is 3.11. The molecule has 3 aromatic rings. The van der Waals surface area contributed by atoms with Gasteiger partial charge in [0.15, 0.2) is 5.82 Å². The van der Waals surface area contributed by atoms with Crippen LogP contribution in [0.3, 0.4) is 0 Å². The van der Waals surface area contributed by atoms with E-state index in [9.17, 15) is 4.79 Å². The topological polar surface area (TPSA) is 85.8 Å². The Hall–Kier alpha value is -2.51. The van der Waals surface area contributed by atoms with Crippen LogP contribution in [0.15, 0.2) is 53.7 Å². The van der Waals surface area contributed by atoms with E-state index in [1.807, 2.05) is 24.3 Å². The Kier molecular flexibility index (Phi) is 5.54. The minimum absolute atomic E-state index is 0.0391. The van der Waals surface area contributed by atoms with Gasteiger partial charge < -0.3 is 11.2 Å². The van der Waals surface area contributed by atoms with Crippen molar-refractivity contribution in [3.05, 3.63) is 64.7 Å². The van der Waals surface area contributed by atoms with Crippen molar-refractivity contribution < 1.29 is 4.79 Å².